The Labute approximate surface area is 125 Å². The summed E-state index contributed by atoms with van der Waals surface area (Å²) in [6.07, 6.45) is 3.15. The molecule has 1 aromatic rings. The Balaban J connectivity index is 1.65. The van der Waals surface area contributed by atoms with Crippen molar-refractivity contribution in [3.8, 4) is 6.07 Å². The lowest BCUT2D eigenvalue weighted by atomic mass is 10.1. The van der Waals surface area contributed by atoms with Gasteiger partial charge in [-0.3, -0.25) is 4.90 Å². The largest absolute Gasteiger partial charge is 0.299 e. The highest BCUT2D eigenvalue weighted by Crippen LogP contribution is 2.28. The van der Waals surface area contributed by atoms with Crippen molar-refractivity contribution in [2.45, 2.75) is 37.1 Å². The molecule has 0 aliphatic carbocycles. The zero-order chi connectivity index (χ0) is 14.9. The summed E-state index contributed by atoms with van der Waals surface area (Å²) < 4.78 is 27.5. The van der Waals surface area contributed by atoms with E-state index in [0.717, 1.165) is 25.9 Å². The molecular weight excluding hydrogens is 286 g/mol. The summed E-state index contributed by atoms with van der Waals surface area (Å²) in [6.45, 7) is 2.09. The maximum Gasteiger partial charge on any atom is 0.216 e. The van der Waals surface area contributed by atoms with Crippen molar-refractivity contribution in [1.29, 1.82) is 5.26 Å². The third-order valence-corrected chi connectivity index (χ3v) is 5.75. The average molecular weight is 305 g/mol. The summed E-state index contributed by atoms with van der Waals surface area (Å²) in [5.41, 5.74) is 1.25. The zero-order valence-corrected chi connectivity index (χ0v) is 12.6. The molecule has 2 heterocycles. The van der Waals surface area contributed by atoms with Crippen molar-refractivity contribution in [3.05, 3.63) is 35.4 Å². The Morgan fingerprint density at radius 1 is 1.24 bits per heavy atom. The molecule has 0 amide bonds. The van der Waals surface area contributed by atoms with Gasteiger partial charge in [-0.15, -0.1) is 0 Å². The van der Waals surface area contributed by atoms with Crippen LogP contribution >= 0.6 is 0 Å². The third kappa shape index (κ3) is 3.26. The summed E-state index contributed by atoms with van der Waals surface area (Å²) in [7, 11) is -3.34. The molecule has 0 bridgehead atoms. The van der Waals surface area contributed by atoms with E-state index in [1.807, 2.05) is 6.07 Å². The Bertz CT molecular complexity index is 648. The van der Waals surface area contributed by atoms with Gasteiger partial charge in [0, 0.05) is 18.6 Å². The van der Waals surface area contributed by atoms with Gasteiger partial charge in [0.2, 0.25) is 10.0 Å². The topological polar surface area (TPSA) is 73.2 Å². The molecule has 0 saturated carbocycles. The first-order valence-electron chi connectivity index (χ1n) is 7.30. The molecule has 2 unspecified atom stereocenters. The van der Waals surface area contributed by atoms with Crippen molar-refractivity contribution in [1.82, 2.24) is 9.62 Å². The summed E-state index contributed by atoms with van der Waals surface area (Å²) in [5.74, 6) is -0.0259. The van der Waals surface area contributed by atoms with Crippen LogP contribution in [0, 0.1) is 11.3 Å². The van der Waals surface area contributed by atoms with Gasteiger partial charge in [0.25, 0.3) is 0 Å². The number of nitrogens with one attached hydrogen (secondary N) is 1. The summed E-state index contributed by atoms with van der Waals surface area (Å²) in [6, 6.07) is 9.17. The number of nitriles is 1. The predicted molar refractivity (Wildman–Crippen MR) is 79.9 cm³/mol. The van der Waals surface area contributed by atoms with Gasteiger partial charge in [0.05, 0.1) is 17.4 Å². The molecule has 2 fully saturated rings. The van der Waals surface area contributed by atoms with Crippen molar-refractivity contribution in [3.63, 3.8) is 0 Å². The molecule has 21 heavy (non-hydrogen) atoms. The molecule has 0 aromatic heterocycles. The van der Waals surface area contributed by atoms with Gasteiger partial charge in [-0.05, 0) is 43.5 Å². The quantitative estimate of drug-likeness (QED) is 0.907. The van der Waals surface area contributed by atoms with E-state index in [0.29, 0.717) is 17.2 Å². The predicted octanol–water partition coefficient (Wildman–Crippen LogP) is 1.21. The Morgan fingerprint density at radius 2 is 2.00 bits per heavy atom. The van der Waals surface area contributed by atoms with Gasteiger partial charge >= 0.3 is 0 Å². The molecule has 2 saturated heterocycles. The van der Waals surface area contributed by atoms with Gasteiger partial charge < -0.3 is 0 Å². The van der Waals surface area contributed by atoms with Crippen molar-refractivity contribution < 1.29 is 8.42 Å². The highest BCUT2D eigenvalue weighted by atomic mass is 32.2. The molecule has 6 heteroatoms. The number of sulfonamides is 1. The minimum atomic E-state index is -3.34. The second-order valence-electron chi connectivity index (χ2n) is 5.83. The van der Waals surface area contributed by atoms with Crippen LogP contribution in [-0.2, 0) is 15.8 Å². The average Bonchev–Trinajstić information content (AvgIpc) is 3.04. The van der Waals surface area contributed by atoms with Crippen LogP contribution in [0.1, 0.15) is 30.4 Å². The van der Waals surface area contributed by atoms with Gasteiger partial charge in [-0.1, -0.05) is 12.1 Å². The van der Waals surface area contributed by atoms with Crippen LogP contribution in [0.5, 0.6) is 0 Å². The van der Waals surface area contributed by atoms with Crippen LogP contribution in [0.15, 0.2) is 24.3 Å². The SMILES string of the molecule is N#Cc1ccc(CS(=O)(=O)NC2CCN3CCCC23)cc1. The van der Waals surface area contributed by atoms with Gasteiger partial charge in [0.1, 0.15) is 0 Å². The minimum Gasteiger partial charge on any atom is -0.299 e. The van der Waals surface area contributed by atoms with E-state index in [1.165, 1.54) is 6.42 Å². The Kier molecular flexibility index (Phi) is 3.98. The first kappa shape index (κ1) is 14.5. The van der Waals surface area contributed by atoms with Crippen molar-refractivity contribution >= 4 is 10.0 Å². The van der Waals surface area contributed by atoms with Gasteiger partial charge in [-0.2, -0.15) is 5.26 Å². The van der Waals surface area contributed by atoms with Crippen LogP contribution < -0.4 is 4.72 Å². The van der Waals surface area contributed by atoms with Crippen molar-refractivity contribution in [2.24, 2.45) is 0 Å². The summed E-state index contributed by atoms with van der Waals surface area (Å²) in [5, 5.41) is 8.75. The number of nitrogens with zero attached hydrogens (tertiary/aromatic N) is 2. The van der Waals surface area contributed by atoms with Gasteiger partial charge in [0.15, 0.2) is 0 Å². The van der Waals surface area contributed by atoms with E-state index in [2.05, 4.69) is 9.62 Å². The third-order valence-electron chi connectivity index (χ3n) is 4.38. The van der Waals surface area contributed by atoms with E-state index in [9.17, 15) is 8.42 Å². The lowest BCUT2D eigenvalue weighted by Gasteiger charge is -2.21. The molecule has 1 N–H and O–H groups in total. The summed E-state index contributed by atoms with van der Waals surface area (Å²) >= 11 is 0. The van der Waals surface area contributed by atoms with E-state index < -0.39 is 10.0 Å². The monoisotopic (exact) mass is 305 g/mol. The molecule has 1 aromatic carbocycles. The smallest absolute Gasteiger partial charge is 0.216 e. The summed E-state index contributed by atoms with van der Waals surface area (Å²) in [4.78, 5) is 2.38. The maximum absolute atomic E-state index is 12.3. The van der Waals surface area contributed by atoms with Crippen LogP contribution in [0.2, 0.25) is 0 Å². The van der Waals surface area contributed by atoms with E-state index in [1.54, 1.807) is 24.3 Å². The lowest BCUT2D eigenvalue weighted by Crippen LogP contribution is -2.42. The Hall–Kier alpha value is -1.42. The fraction of sp³-hybridized carbons (Fsp3) is 0.533. The molecule has 2 aliphatic rings. The fourth-order valence-corrected chi connectivity index (χ4v) is 4.84. The van der Waals surface area contributed by atoms with E-state index >= 15 is 0 Å². The molecule has 0 radical (unpaired) electrons. The second kappa shape index (κ2) is 5.76. The molecule has 2 atom stereocenters. The number of hydrogen-bond donors (Lipinski definition) is 1. The Morgan fingerprint density at radius 3 is 2.71 bits per heavy atom. The molecular formula is C15H19N3O2S. The highest BCUT2D eigenvalue weighted by molar-refractivity contribution is 7.88. The second-order valence-corrected chi connectivity index (χ2v) is 7.58. The first-order valence-corrected chi connectivity index (χ1v) is 8.96. The fourth-order valence-electron chi connectivity index (χ4n) is 3.39. The van der Waals surface area contributed by atoms with Crippen LogP contribution in [0.3, 0.4) is 0 Å². The van der Waals surface area contributed by atoms with E-state index in [4.69, 9.17) is 5.26 Å². The normalized spacial score (nSPS) is 25.7. The van der Waals surface area contributed by atoms with Gasteiger partial charge in [-0.25, -0.2) is 13.1 Å². The minimum absolute atomic E-state index is 0.0259. The van der Waals surface area contributed by atoms with Crippen LogP contribution in [0.25, 0.3) is 0 Å². The lowest BCUT2D eigenvalue weighted by molar-refractivity contribution is 0.309. The molecule has 0 spiro atoms. The molecule has 5 nitrogen and oxygen atoms in total. The van der Waals surface area contributed by atoms with Crippen LogP contribution in [0.4, 0.5) is 0 Å². The number of rotatable bonds is 4. The number of benzene rings is 1. The molecule has 112 valence electrons. The first-order chi connectivity index (χ1) is 10.1. The molecule has 2 aliphatic heterocycles. The number of fused-ring (bicyclic) bond motifs is 1. The molecule has 3 rings (SSSR count). The number of hydrogen-bond acceptors (Lipinski definition) is 4. The zero-order valence-electron chi connectivity index (χ0n) is 11.8. The standard InChI is InChI=1S/C15H19N3O2S/c16-10-12-3-5-13(6-4-12)11-21(19,20)17-14-7-9-18-8-1-2-15(14)18/h3-6,14-15,17H,1-2,7-9,11H2. The van der Waals surface area contributed by atoms with E-state index in [-0.39, 0.29) is 11.8 Å². The maximum atomic E-state index is 12.3. The highest BCUT2D eigenvalue weighted by Gasteiger charge is 2.38. The van der Waals surface area contributed by atoms with Crippen LogP contribution in [-0.4, -0.2) is 38.5 Å². The van der Waals surface area contributed by atoms with Crippen molar-refractivity contribution in [2.75, 3.05) is 13.1 Å².